The molecule has 2 aromatic heterocycles. The molecule has 1 aliphatic rings. The average Bonchev–Trinajstić information content (AvgIpc) is 3.29. The molecular formula is C24H27N3O5S. The number of anilines is 2. The Morgan fingerprint density at radius 3 is 2.61 bits per heavy atom. The second kappa shape index (κ2) is 9.66. The zero-order valence-electron chi connectivity index (χ0n) is 18.9. The van der Waals surface area contributed by atoms with Crippen LogP contribution in [0.2, 0.25) is 0 Å². The molecule has 0 radical (unpaired) electrons. The summed E-state index contributed by atoms with van der Waals surface area (Å²) in [4.78, 5) is 40.2. The third kappa shape index (κ3) is 4.45. The first-order valence-electron chi connectivity index (χ1n) is 11.0. The molecule has 174 valence electrons. The molecular weight excluding hydrogens is 442 g/mol. The predicted molar refractivity (Wildman–Crippen MR) is 128 cm³/mol. The van der Waals surface area contributed by atoms with Gasteiger partial charge in [-0.1, -0.05) is 12.1 Å². The minimum atomic E-state index is -0.570. The summed E-state index contributed by atoms with van der Waals surface area (Å²) < 4.78 is 12.3. The van der Waals surface area contributed by atoms with Gasteiger partial charge >= 0.3 is 5.97 Å². The summed E-state index contributed by atoms with van der Waals surface area (Å²) >= 11 is 1.58. The smallest absolute Gasteiger partial charge is 0.357 e. The molecule has 9 heteroatoms. The highest BCUT2D eigenvalue weighted by Gasteiger charge is 2.31. The van der Waals surface area contributed by atoms with Crippen LogP contribution in [-0.2, 0) is 33.7 Å². The Morgan fingerprint density at radius 1 is 1.12 bits per heavy atom. The minimum Gasteiger partial charge on any atom is -0.495 e. The van der Waals surface area contributed by atoms with E-state index in [0.29, 0.717) is 17.1 Å². The lowest BCUT2D eigenvalue weighted by Gasteiger charge is -2.14. The Morgan fingerprint density at radius 2 is 1.88 bits per heavy atom. The second-order valence-corrected chi connectivity index (χ2v) is 8.93. The van der Waals surface area contributed by atoms with Crippen LogP contribution in [-0.4, -0.2) is 36.1 Å². The molecule has 4 rings (SSSR count). The van der Waals surface area contributed by atoms with Crippen molar-refractivity contribution in [1.82, 2.24) is 4.57 Å². The third-order valence-electron chi connectivity index (χ3n) is 5.61. The Hall–Kier alpha value is -3.33. The number of fused-ring (bicyclic) bond motifs is 3. The van der Waals surface area contributed by atoms with E-state index < -0.39 is 5.97 Å². The molecule has 8 nitrogen and oxygen atoms in total. The topological polar surface area (TPSA) is 98.7 Å². The first kappa shape index (κ1) is 22.8. The number of nitrogens with one attached hydrogen (secondary N) is 2. The quantitative estimate of drug-likeness (QED) is 0.501. The van der Waals surface area contributed by atoms with Crippen LogP contribution in [0.3, 0.4) is 0 Å². The molecule has 33 heavy (non-hydrogen) atoms. The second-order valence-electron chi connectivity index (χ2n) is 7.85. The lowest BCUT2D eigenvalue weighted by Crippen LogP contribution is -2.23. The molecule has 1 aliphatic carbocycles. The van der Waals surface area contributed by atoms with Gasteiger partial charge in [0.15, 0.2) is 5.69 Å². The maximum atomic E-state index is 13.1. The summed E-state index contributed by atoms with van der Waals surface area (Å²) in [7, 11) is 1.54. The number of methoxy groups -OCH3 is 1. The largest absolute Gasteiger partial charge is 0.495 e. The predicted octanol–water partition coefficient (Wildman–Crippen LogP) is 4.36. The van der Waals surface area contributed by atoms with E-state index in [4.69, 9.17) is 9.47 Å². The summed E-state index contributed by atoms with van der Waals surface area (Å²) in [5, 5.41) is 6.56. The molecule has 0 atom stereocenters. The van der Waals surface area contributed by atoms with Gasteiger partial charge in [-0.2, -0.15) is 0 Å². The molecule has 2 N–H and O–H groups in total. The fraction of sp³-hybridized carbons (Fsp3) is 0.375. The van der Waals surface area contributed by atoms with Gasteiger partial charge in [0.1, 0.15) is 17.1 Å². The van der Waals surface area contributed by atoms with E-state index in [2.05, 4.69) is 10.6 Å². The van der Waals surface area contributed by atoms with Crippen molar-refractivity contribution in [2.45, 2.75) is 46.1 Å². The van der Waals surface area contributed by atoms with Crippen molar-refractivity contribution in [2.24, 2.45) is 0 Å². The highest BCUT2D eigenvalue weighted by molar-refractivity contribution is 7.19. The van der Waals surface area contributed by atoms with E-state index in [1.165, 1.54) is 18.9 Å². The Labute approximate surface area is 195 Å². The molecule has 0 aliphatic heterocycles. The van der Waals surface area contributed by atoms with Gasteiger partial charge < -0.3 is 24.7 Å². The van der Waals surface area contributed by atoms with Crippen molar-refractivity contribution in [3.05, 3.63) is 40.4 Å². The molecule has 0 saturated heterocycles. The van der Waals surface area contributed by atoms with Gasteiger partial charge in [-0.25, -0.2) is 4.79 Å². The van der Waals surface area contributed by atoms with Crippen LogP contribution >= 0.6 is 11.3 Å². The first-order valence-corrected chi connectivity index (χ1v) is 11.8. The number of aromatic nitrogens is 1. The van der Waals surface area contributed by atoms with Gasteiger partial charge in [0.2, 0.25) is 11.8 Å². The highest BCUT2D eigenvalue weighted by atomic mass is 32.1. The molecule has 0 spiro atoms. The van der Waals surface area contributed by atoms with E-state index in [1.54, 1.807) is 41.0 Å². The first-order chi connectivity index (χ1) is 15.9. The molecule has 0 fully saturated rings. The van der Waals surface area contributed by atoms with E-state index in [-0.39, 0.29) is 30.7 Å². The number of amides is 2. The Balaban J connectivity index is 1.82. The van der Waals surface area contributed by atoms with Crippen LogP contribution in [0.5, 0.6) is 5.75 Å². The van der Waals surface area contributed by atoms with Crippen LogP contribution in [0, 0.1) is 0 Å². The maximum absolute atomic E-state index is 13.1. The fourth-order valence-electron chi connectivity index (χ4n) is 4.30. The van der Waals surface area contributed by atoms with Crippen molar-refractivity contribution >= 4 is 50.7 Å². The Bertz CT molecular complexity index is 1230. The summed E-state index contributed by atoms with van der Waals surface area (Å²) in [5.41, 5.74) is 2.32. The minimum absolute atomic E-state index is 0.109. The van der Waals surface area contributed by atoms with E-state index in [1.807, 2.05) is 6.07 Å². The van der Waals surface area contributed by atoms with Crippen molar-refractivity contribution in [1.29, 1.82) is 0 Å². The van der Waals surface area contributed by atoms with Gasteiger partial charge in [-0.3, -0.25) is 9.59 Å². The van der Waals surface area contributed by atoms with Gasteiger partial charge in [0, 0.05) is 17.2 Å². The average molecular weight is 470 g/mol. The summed E-state index contributed by atoms with van der Waals surface area (Å²) in [5.74, 6) is -0.629. The molecule has 2 heterocycles. The van der Waals surface area contributed by atoms with E-state index in [9.17, 15) is 14.4 Å². The van der Waals surface area contributed by atoms with Gasteiger partial charge in [0.25, 0.3) is 0 Å². The van der Waals surface area contributed by atoms with Crippen molar-refractivity contribution in [3.63, 3.8) is 0 Å². The molecule has 1 aromatic carbocycles. The SMILES string of the molecule is CCOC(=O)c1c(NC(C)=O)c2c3c(sc2n1CC(=O)Nc1ccccc1OC)CCCC3. The van der Waals surface area contributed by atoms with Crippen LogP contribution in [0.25, 0.3) is 10.2 Å². The van der Waals surface area contributed by atoms with E-state index >= 15 is 0 Å². The van der Waals surface area contributed by atoms with Crippen LogP contribution in [0.4, 0.5) is 11.4 Å². The number of benzene rings is 1. The van der Waals surface area contributed by atoms with Crippen molar-refractivity contribution in [2.75, 3.05) is 24.4 Å². The number of nitrogens with zero attached hydrogens (tertiary/aromatic N) is 1. The number of hydrogen-bond acceptors (Lipinski definition) is 6. The maximum Gasteiger partial charge on any atom is 0.357 e. The number of thiophene rings is 1. The molecule has 0 bridgehead atoms. The summed E-state index contributed by atoms with van der Waals surface area (Å²) in [6.45, 7) is 3.21. The summed E-state index contributed by atoms with van der Waals surface area (Å²) in [6, 6.07) is 7.13. The number of para-hydroxylation sites is 2. The van der Waals surface area contributed by atoms with Crippen LogP contribution < -0.4 is 15.4 Å². The normalized spacial score (nSPS) is 12.8. The third-order valence-corrected chi connectivity index (χ3v) is 6.92. The number of hydrogen-bond donors (Lipinski definition) is 2. The number of esters is 1. The Kier molecular flexibility index (Phi) is 6.69. The number of rotatable bonds is 7. The van der Waals surface area contributed by atoms with Gasteiger partial charge in [-0.15, -0.1) is 11.3 Å². The number of ether oxygens (including phenoxy) is 2. The zero-order chi connectivity index (χ0) is 23.5. The number of carbonyl (C=O) groups is 3. The highest BCUT2D eigenvalue weighted by Crippen LogP contribution is 2.44. The zero-order valence-corrected chi connectivity index (χ0v) is 19.8. The molecule has 2 amide bonds. The summed E-state index contributed by atoms with van der Waals surface area (Å²) in [6.07, 6.45) is 3.98. The molecule has 0 unspecified atom stereocenters. The van der Waals surface area contributed by atoms with Crippen LogP contribution in [0.15, 0.2) is 24.3 Å². The van der Waals surface area contributed by atoms with Crippen LogP contribution in [0.1, 0.15) is 47.6 Å². The van der Waals surface area contributed by atoms with E-state index in [0.717, 1.165) is 41.5 Å². The number of aryl methyl sites for hydroxylation is 2. The van der Waals surface area contributed by atoms with Crippen molar-refractivity contribution in [3.8, 4) is 5.75 Å². The molecule has 3 aromatic rings. The monoisotopic (exact) mass is 469 g/mol. The van der Waals surface area contributed by atoms with Gasteiger partial charge in [-0.05, 0) is 50.3 Å². The van der Waals surface area contributed by atoms with Gasteiger partial charge in [0.05, 0.1) is 25.1 Å². The number of carbonyl (C=O) groups excluding carboxylic acids is 3. The fourth-order valence-corrected chi connectivity index (χ4v) is 5.70. The lowest BCUT2D eigenvalue weighted by atomic mass is 9.96. The standard InChI is InChI=1S/C24H27N3O5S/c1-4-32-24(30)22-21(25-14(2)28)20-15-9-5-8-12-18(15)33-23(20)27(22)13-19(29)26-16-10-6-7-11-17(16)31-3/h6-7,10-11H,4-5,8-9,12-13H2,1-3H3,(H,25,28)(H,26,29). The van der Waals surface area contributed by atoms with Crippen molar-refractivity contribution < 1.29 is 23.9 Å². The lowest BCUT2D eigenvalue weighted by molar-refractivity contribution is -0.116. The molecule has 0 saturated carbocycles.